The van der Waals surface area contributed by atoms with Crippen molar-refractivity contribution in [2.75, 3.05) is 20.2 Å². The lowest BCUT2D eigenvalue weighted by Crippen LogP contribution is -2.39. The van der Waals surface area contributed by atoms with Gasteiger partial charge in [-0.15, -0.1) is 24.0 Å². The van der Waals surface area contributed by atoms with Crippen LogP contribution in [0.4, 0.5) is 0 Å². The molecule has 1 unspecified atom stereocenters. The molecule has 2 rings (SSSR count). The van der Waals surface area contributed by atoms with E-state index in [0.29, 0.717) is 25.7 Å². The van der Waals surface area contributed by atoms with Crippen LogP contribution in [0.1, 0.15) is 18.2 Å². The van der Waals surface area contributed by atoms with E-state index in [1.807, 2.05) is 36.4 Å². The van der Waals surface area contributed by atoms with Crippen LogP contribution in [0, 0.1) is 5.92 Å². The number of aromatic nitrogens is 1. The van der Waals surface area contributed by atoms with Crippen LogP contribution in [-0.2, 0) is 17.9 Å². The highest BCUT2D eigenvalue weighted by Gasteiger charge is 2.05. The molecule has 0 aliphatic rings. The standard InChI is InChI=1S/C19H26N4O.HI/c1-16(14-24-15-17-8-4-3-5-9-17)12-22-19(20-2)23-13-18-10-6-7-11-21-18;/h3-11,16H,12-15H2,1-2H3,(H2,20,22,23);1H. The largest absolute Gasteiger partial charge is 0.376 e. The Hall–Kier alpha value is -1.67. The molecule has 136 valence electrons. The first-order chi connectivity index (χ1) is 11.8. The Morgan fingerprint density at radius 1 is 1.12 bits per heavy atom. The lowest BCUT2D eigenvalue weighted by molar-refractivity contribution is 0.0931. The lowest BCUT2D eigenvalue weighted by Gasteiger charge is -2.16. The van der Waals surface area contributed by atoms with Crippen LogP contribution >= 0.6 is 24.0 Å². The quantitative estimate of drug-likeness (QED) is 0.366. The van der Waals surface area contributed by atoms with Crippen LogP contribution in [0.3, 0.4) is 0 Å². The predicted octanol–water partition coefficient (Wildman–Crippen LogP) is 3.22. The second-order valence-corrected chi connectivity index (χ2v) is 5.73. The minimum atomic E-state index is 0. The second-order valence-electron chi connectivity index (χ2n) is 5.73. The first-order valence-corrected chi connectivity index (χ1v) is 8.24. The lowest BCUT2D eigenvalue weighted by atomic mass is 10.2. The molecule has 0 aliphatic heterocycles. The van der Waals surface area contributed by atoms with Gasteiger partial charge in [0.15, 0.2) is 5.96 Å². The number of benzene rings is 1. The molecule has 2 N–H and O–H groups in total. The minimum Gasteiger partial charge on any atom is -0.376 e. The smallest absolute Gasteiger partial charge is 0.191 e. The normalized spacial score (nSPS) is 12.2. The molecule has 1 aromatic carbocycles. The maximum Gasteiger partial charge on any atom is 0.191 e. The number of pyridine rings is 1. The molecule has 1 aromatic heterocycles. The van der Waals surface area contributed by atoms with Gasteiger partial charge in [0.05, 0.1) is 25.5 Å². The molecule has 25 heavy (non-hydrogen) atoms. The number of halogens is 1. The van der Waals surface area contributed by atoms with Crippen LogP contribution in [0.15, 0.2) is 59.7 Å². The summed E-state index contributed by atoms with van der Waals surface area (Å²) < 4.78 is 5.77. The number of nitrogens with zero attached hydrogens (tertiary/aromatic N) is 2. The van der Waals surface area contributed by atoms with Gasteiger partial charge >= 0.3 is 0 Å². The molecular weight excluding hydrogens is 427 g/mol. The van der Waals surface area contributed by atoms with Crippen molar-refractivity contribution in [2.24, 2.45) is 10.9 Å². The number of ether oxygens (including phenoxy) is 1. The van der Waals surface area contributed by atoms with Crippen molar-refractivity contribution in [1.82, 2.24) is 15.6 Å². The van der Waals surface area contributed by atoms with Gasteiger partial charge in [0, 0.05) is 19.8 Å². The van der Waals surface area contributed by atoms with E-state index in [1.54, 1.807) is 13.2 Å². The molecule has 1 atom stereocenters. The van der Waals surface area contributed by atoms with Crippen molar-refractivity contribution in [3.63, 3.8) is 0 Å². The van der Waals surface area contributed by atoms with E-state index < -0.39 is 0 Å². The van der Waals surface area contributed by atoms with Crippen LogP contribution < -0.4 is 10.6 Å². The summed E-state index contributed by atoms with van der Waals surface area (Å²) in [7, 11) is 1.77. The zero-order valence-corrected chi connectivity index (χ0v) is 17.1. The van der Waals surface area contributed by atoms with Crippen molar-refractivity contribution in [3.8, 4) is 0 Å². The fourth-order valence-electron chi connectivity index (χ4n) is 2.18. The SMILES string of the molecule is CN=C(NCc1ccccn1)NCC(C)COCc1ccccc1.I. The fourth-order valence-corrected chi connectivity index (χ4v) is 2.18. The van der Waals surface area contributed by atoms with Gasteiger partial charge in [-0.2, -0.15) is 0 Å². The topological polar surface area (TPSA) is 58.5 Å². The average molecular weight is 454 g/mol. The van der Waals surface area contributed by atoms with Crippen LogP contribution in [-0.4, -0.2) is 31.1 Å². The van der Waals surface area contributed by atoms with Gasteiger partial charge in [-0.1, -0.05) is 43.3 Å². The molecule has 0 saturated heterocycles. The summed E-state index contributed by atoms with van der Waals surface area (Å²) in [6.45, 7) is 4.97. The number of hydrogen-bond acceptors (Lipinski definition) is 3. The summed E-state index contributed by atoms with van der Waals surface area (Å²) in [6.07, 6.45) is 1.79. The molecule has 0 bridgehead atoms. The van der Waals surface area contributed by atoms with E-state index in [2.05, 4.69) is 39.7 Å². The van der Waals surface area contributed by atoms with Crippen LogP contribution in [0.2, 0.25) is 0 Å². The van der Waals surface area contributed by atoms with Crippen LogP contribution in [0.25, 0.3) is 0 Å². The minimum absolute atomic E-state index is 0. The van der Waals surface area contributed by atoms with Gasteiger partial charge in [0.2, 0.25) is 0 Å². The Morgan fingerprint density at radius 3 is 2.56 bits per heavy atom. The first kappa shape index (κ1) is 21.4. The summed E-state index contributed by atoms with van der Waals surface area (Å²) in [5.41, 5.74) is 2.19. The fraction of sp³-hybridized carbons (Fsp3) is 0.368. The Bertz CT molecular complexity index is 607. The highest BCUT2D eigenvalue weighted by molar-refractivity contribution is 14.0. The molecule has 0 radical (unpaired) electrons. The summed E-state index contributed by atoms with van der Waals surface area (Å²) in [5.74, 6) is 1.16. The molecule has 1 heterocycles. The molecule has 0 spiro atoms. The number of hydrogen-bond donors (Lipinski definition) is 2. The van der Waals surface area contributed by atoms with Crippen molar-refractivity contribution >= 4 is 29.9 Å². The van der Waals surface area contributed by atoms with Gasteiger partial charge in [0.25, 0.3) is 0 Å². The monoisotopic (exact) mass is 454 g/mol. The molecule has 2 aromatic rings. The first-order valence-electron chi connectivity index (χ1n) is 8.24. The van der Waals surface area contributed by atoms with Crippen molar-refractivity contribution in [3.05, 3.63) is 66.0 Å². The Kier molecular flexibility index (Phi) is 10.8. The predicted molar refractivity (Wildman–Crippen MR) is 113 cm³/mol. The highest BCUT2D eigenvalue weighted by Crippen LogP contribution is 2.02. The van der Waals surface area contributed by atoms with Crippen LogP contribution in [0.5, 0.6) is 0 Å². The summed E-state index contributed by atoms with van der Waals surface area (Å²) >= 11 is 0. The Morgan fingerprint density at radius 2 is 1.88 bits per heavy atom. The number of aliphatic imine (C=N–C) groups is 1. The van der Waals surface area contributed by atoms with Crippen molar-refractivity contribution < 1.29 is 4.74 Å². The van der Waals surface area contributed by atoms with E-state index in [1.165, 1.54) is 5.56 Å². The van der Waals surface area contributed by atoms with Crippen molar-refractivity contribution in [1.29, 1.82) is 0 Å². The number of guanidine groups is 1. The van der Waals surface area contributed by atoms with E-state index in [4.69, 9.17) is 4.74 Å². The zero-order valence-electron chi connectivity index (χ0n) is 14.8. The third-order valence-electron chi connectivity index (χ3n) is 3.52. The van der Waals surface area contributed by atoms with Gasteiger partial charge in [-0.05, 0) is 23.6 Å². The number of nitrogens with one attached hydrogen (secondary N) is 2. The molecule has 0 amide bonds. The molecule has 6 heteroatoms. The zero-order chi connectivity index (χ0) is 17.0. The summed E-state index contributed by atoms with van der Waals surface area (Å²) in [4.78, 5) is 8.51. The molecule has 0 saturated carbocycles. The summed E-state index contributed by atoms with van der Waals surface area (Å²) in [5, 5.41) is 6.58. The van der Waals surface area contributed by atoms with E-state index >= 15 is 0 Å². The third kappa shape index (κ3) is 8.83. The van der Waals surface area contributed by atoms with Crippen molar-refractivity contribution in [2.45, 2.75) is 20.1 Å². The van der Waals surface area contributed by atoms with Gasteiger partial charge in [-0.3, -0.25) is 9.98 Å². The maximum atomic E-state index is 5.77. The molecule has 0 fully saturated rings. The Balaban J connectivity index is 0.00000312. The average Bonchev–Trinajstić information content (AvgIpc) is 2.63. The molecule has 5 nitrogen and oxygen atoms in total. The summed E-state index contributed by atoms with van der Waals surface area (Å²) in [6, 6.07) is 16.1. The van der Waals surface area contributed by atoms with E-state index in [9.17, 15) is 0 Å². The van der Waals surface area contributed by atoms with Gasteiger partial charge < -0.3 is 15.4 Å². The highest BCUT2D eigenvalue weighted by atomic mass is 127. The molecule has 0 aliphatic carbocycles. The maximum absolute atomic E-state index is 5.77. The van der Waals surface area contributed by atoms with Gasteiger partial charge in [0.1, 0.15) is 0 Å². The van der Waals surface area contributed by atoms with E-state index in [0.717, 1.165) is 18.2 Å². The third-order valence-corrected chi connectivity index (χ3v) is 3.52. The second kappa shape index (κ2) is 12.7. The van der Waals surface area contributed by atoms with Gasteiger partial charge in [-0.25, -0.2) is 0 Å². The Labute approximate surface area is 167 Å². The number of rotatable bonds is 8. The van der Waals surface area contributed by atoms with E-state index in [-0.39, 0.29) is 24.0 Å². The molecular formula is C19H27IN4O.